The van der Waals surface area contributed by atoms with Crippen molar-refractivity contribution in [3.8, 4) is 16.9 Å². The molecule has 0 aliphatic rings. The Balaban J connectivity index is 1.45. The number of thiophene rings is 1. The highest BCUT2D eigenvalue weighted by molar-refractivity contribution is 7.21. The van der Waals surface area contributed by atoms with Gasteiger partial charge in [0.2, 0.25) is 0 Å². The average molecular weight is 475 g/mol. The van der Waals surface area contributed by atoms with Crippen LogP contribution in [0.5, 0.6) is 0 Å². The Morgan fingerprint density at radius 3 is 2.52 bits per heavy atom. The van der Waals surface area contributed by atoms with Crippen LogP contribution >= 0.6 is 22.9 Å². The molecule has 0 aliphatic carbocycles. The van der Waals surface area contributed by atoms with Crippen LogP contribution < -0.4 is 5.43 Å². The molecule has 1 amide bonds. The molecule has 5 nitrogen and oxygen atoms in total. The second-order valence-electron chi connectivity index (χ2n) is 7.16. The first-order valence-electron chi connectivity index (χ1n) is 10.0. The molecule has 0 atom stereocenters. The van der Waals surface area contributed by atoms with Crippen molar-refractivity contribution < 1.29 is 9.18 Å². The number of halogens is 2. The second kappa shape index (κ2) is 8.97. The Hall–Kier alpha value is -3.81. The van der Waals surface area contributed by atoms with Crippen LogP contribution in [-0.2, 0) is 0 Å². The first-order valence-corrected chi connectivity index (χ1v) is 11.2. The lowest BCUT2D eigenvalue weighted by Crippen LogP contribution is -2.16. The molecule has 0 bridgehead atoms. The van der Waals surface area contributed by atoms with E-state index in [4.69, 9.17) is 11.6 Å². The van der Waals surface area contributed by atoms with Crippen molar-refractivity contribution in [1.29, 1.82) is 0 Å². The molecule has 0 saturated carbocycles. The van der Waals surface area contributed by atoms with Crippen LogP contribution in [0, 0.1) is 5.82 Å². The predicted molar refractivity (Wildman–Crippen MR) is 131 cm³/mol. The number of hydrazone groups is 1. The van der Waals surface area contributed by atoms with Crippen molar-refractivity contribution in [2.45, 2.75) is 0 Å². The van der Waals surface area contributed by atoms with E-state index in [0.29, 0.717) is 21.2 Å². The number of amides is 1. The molecule has 3 aromatic carbocycles. The van der Waals surface area contributed by atoms with E-state index in [9.17, 15) is 9.18 Å². The van der Waals surface area contributed by atoms with Gasteiger partial charge in [0.1, 0.15) is 16.4 Å². The van der Waals surface area contributed by atoms with Crippen LogP contribution in [0.4, 0.5) is 4.39 Å². The lowest BCUT2D eigenvalue weighted by atomic mass is 10.1. The Kier molecular flexibility index (Phi) is 5.73. The Morgan fingerprint density at radius 1 is 1.03 bits per heavy atom. The fourth-order valence-corrected chi connectivity index (χ4v) is 4.81. The number of rotatable bonds is 5. The van der Waals surface area contributed by atoms with Crippen molar-refractivity contribution in [1.82, 2.24) is 15.2 Å². The third-order valence-electron chi connectivity index (χ3n) is 4.99. The van der Waals surface area contributed by atoms with E-state index in [1.54, 1.807) is 23.0 Å². The Labute approximate surface area is 197 Å². The molecule has 0 fully saturated rings. The van der Waals surface area contributed by atoms with Crippen LogP contribution in [0.2, 0.25) is 5.02 Å². The summed E-state index contributed by atoms with van der Waals surface area (Å²) in [6.45, 7) is 0. The minimum absolute atomic E-state index is 0.330. The van der Waals surface area contributed by atoms with Crippen LogP contribution in [0.3, 0.4) is 0 Å². The number of carbonyl (C=O) groups is 1. The zero-order valence-electron chi connectivity index (χ0n) is 17.1. The molecule has 0 spiro atoms. The van der Waals surface area contributed by atoms with Gasteiger partial charge in [0, 0.05) is 27.4 Å². The minimum Gasteiger partial charge on any atom is -0.266 e. The minimum atomic E-state index is -0.392. The van der Waals surface area contributed by atoms with Crippen LogP contribution in [0.1, 0.15) is 15.2 Å². The van der Waals surface area contributed by atoms with Gasteiger partial charge in [0.15, 0.2) is 0 Å². The van der Waals surface area contributed by atoms with Gasteiger partial charge in [-0.15, -0.1) is 11.3 Å². The van der Waals surface area contributed by atoms with Crippen molar-refractivity contribution in [2.75, 3.05) is 0 Å². The molecule has 0 unspecified atom stereocenters. The number of hydrogen-bond donors (Lipinski definition) is 1. The van der Waals surface area contributed by atoms with Crippen LogP contribution in [0.25, 0.3) is 27.0 Å². The number of aromatic nitrogens is 2. The lowest BCUT2D eigenvalue weighted by molar-refractivity contribution is 0.0959. The number of nitrogens with zero attached hydrogens (tertiary/aromatic N) is 3. The van der Waals surface area contributed by atoms with Gasteiger partial charge in [-0.2, -0.15) is 10.2 Å². The largest absolute Gasteiger partial charge is 0.283 e. The summed E-state index contributed by atoms with van der Waals surface area (Å²) < 4.78 is 16.1. The molecule has 8 heteroatoms. The third kappa shape index (κ3) is 4.28. The van der Waals surface area contributed by atoms with Gasteiger partial charge in [-0.3, -0.25) is 4.79 Å². The van der Waals surface area contributed by atoms with Crippen LogP contribution in [-0.4, -0.2) is 21.9 Å². The summed E-state index contributed by atoms with van der Waals surface area (Å²) in [6, 6.07) is 23.2. The van der Waals surface area contributed by atoms with Gasteiger partial charge in [0.05, 0.1) is 16.9 Å². The maximum absolute atomic E-state index is 13.4. The number of nitrogens with one attached hydrogen (secondary N) is 1. The molecule has 5 aromatic rings. The summed E-state index contributed by atoms with van der Waals surface area (Å²) in [5.74, 6) is -0.722. The smallest absolute Gasteiger partial charge is 0.266 e. The van der Waals surface area contributed by atoms with Gasteiger partial charge in [0.25, 0.3) is 5.91 Å². The summed E-state index contributed by atoms with van der Waals surface area (Å²) in [4.78, 5) is 13.1. The zero-order chi connectivity index (χ0) is 22.8. The predicted octanol–water partition coefficient (Wildman–Crippen LogP) is 6.31. The number of para-hydroxylation sites is 1. The monoisotopic (exact) mass is 474 g/mol. The fourth-order valence-electron chi connectivity index (χ4n) is 3.40. The van der Waals surface area contributed by atoms with E-state index in [0.717, 1.165) is 21.3 Å². The maximum atomic E-state index is 13.4. The van der Waals surface area contributed by atoms with E-state index in [2.05, 4.69) is 15.6 Å². The molecular weight excluding hydrogens is 459 g/mol. The Bertz CT molecular complexity index is 1480. The molecule has 0 saturated heterocycles. The highest BCUT2D eigenvalue weighted by Gasteiger charge is 2.17. The first kappa shape index (κ1) is 21.1. The normalized spacial score (nSPS) is 11.3. The summed E-state index contributed by atoms with van der Waals surface area (Å²) in [5.41, 5.74) is 5.40. The highest BCUT2D eigenvalue weighted by atomic mass is 35.5. The fraction of sp³-hybridized carbons (Fsp3) is 0. The van der Waals surface area contributed by atoms with Crippen molar-refractivity contribution in [3.05, 3.63) is 106 Å². The summed E-state index contributed by atoms with van der Waals surface area (Å²) in [6.07, 6.45) is 3.32. The van der Waals surface area contributed by atoms with E-state index in [1.807, 2.05) is 54.6 Å². The van der Waals surface area contributed by atoms with E-state index < -0.39 is 5.91 Å². The van der Waals surface area contributed by atoms with E-state index in [1.165, 1.54) is 29.7 Å². The lowest BCUT2D eigenvalue weighted by Gasteiger charge is -2.00. The molecule has 1 N–H and O–H groups in total. The SMILES string of the molecule is O=C(NN=Cc1cn(-c2ccccc2)nc1-c1ccc(F)cc1)c1sc2ccccc2c1Cl. The number of hydrogen-bond acceptors (Lipinski definition) is 4. The number of fused-ring (bicyclic) bond motifs is 1. The van der Waals surface area contributed by atoms with Crippen molar-refractivity contribution >= 4 is 45.1 Å². The summed E-state index contributed by atoms with van der Waals surface area (Å²) in [7, 11) is 0. The average Bonchev–Trinajstić information content (AvgIpc) is 3.42. The van der Waals surface area contributed by atoms with Crippen molar-refractivity contribution in [2.24, 2.45) is 5.10 Å². The van der Waals surface area contributed by atoms with Gasteiger partial charge < -0.3 is 0 Å². The second-order valence-corrected chi connectivity index (χ2v) is 8.59. The summed E-state index contributed by atoms with van der Waals surface area (Å²) in [5, 5.41) is 10.0. The highest BCUT2D eigenvalue weighted by Crippen LogP contribution is 2.35. The quantitative estimate of drug-likeness (QED) is 0.239. The van der Waals surface area contributed by atoms with Gasteiger partial charge in [-0.05, 0) is 42.5 Å². The molecule has 33 heavy (non-hydrogen) atoms. The van der Waals surface area contributed by atoms with Gasteiger partial charge >= 0.3 is 0 Å². The third-order valence-corrected chi connectivity index (χ3v) is 6.67. The van der Waals surface area contributed by atoms with Crippen molar-refractivity contribution in [3.63, 3.8) is 0 Å². The molecule has 2 aromatic heterocycles. The van der Waals surface area contributed by atoms with Gasteiger partial charge in [-0.25, -0.2) is 14.5 Å². The molecular formula is C25H16ClFN4OS. The standard InChI is InChI=1S/C25H16ClFN4OS/c26-22-20-8-4-5-9-21(20)33-24(22)25(32)29-28-14-17-15-31(19-6-2-1-3-7-19)30-23(17)16-10-12-18(27)13-11-16/h1-15H,(H,29,32). The molecule has 162 valence electrons. The number of carbonyl (C=O) groups excluding carboxylic acids is 1. The molecule has 0 radical (unpaired) electrons. The number of benzene rings is 3. The maximum Gasteiger partial charge on any atom is 0.283 e. The zero-order valence-corrected chi connectivity index (χ0v) is 18.6. The van der Waals surface area contributed by atoms with E-state index >= 15 is 0 Å². The molecule has 2 heterocycles. The van der Waals surface area contributed by atoms with Crippen LogP contribution in [0.15, 0.2) is 90.2 Å². The Morgan fingerprint density at radius 2 is 1.76 bits per heavy atom. The molecule has 5 rings (SSSR count). The summed E-state index contributed by atoms with van der Waals surface area (Å²) >= 11 is 7.70. The molecule has 0 aliphatic heterocycles. The topological polar surface area (TPSA) is 59.3 Å². The first-order chi connectivity index (χ1) is 16.1. The van der Waals surface area contributed by atoms with E-state index in [-0.39, 0.29) is 5.82 Å². The van der Waals surface area contributed by atoms with Gasteiger partial charge in [-0.1, -0.05) is 48.0 Å².